The summed E-state index contributed by atoms with van der Waals surface area (Å²) in [7, 11) is 1.34. The van der Waals surface area contributed by atoms with E-state index in [0.29, 0.717) is 17.2 Å². The fourth-order valence-corrected chi connectivity index (χ4v) is 2.30. The van der Waals surface area contributed by atoms with Gasteiger partial charge >= 0.3 is 6.61 Å². The Kier molecular flexibility index (Phi) is 7.74. The summed E-state index contributed by atoms with van der Waals surface area (Å²) in [6.45, 7) is 0.964. The first-order chi connectivity index (χ1) is 13.4. The summed E-state index contributed by atoms with van der Waals surface area (Å²) >= 11 is 0. The Morgan fingerprint density at radius 1 is 1.14 bits per heavy atom. The highest BCUT2D eigenvalue weighted by Gasteiger charge is 2.10. The number of nitrogens with zero attached hydrogens (tertiary/aromatic N) is 1. The van der Waals surface area contributed by atoms with Crippen LogP contribution in [0.25, 0.3) is 0 Å². The molecule has 0 bridgehead atoms. The van der Waals surface area contributed by atoms with Crippen LogP contribution in [-0.2, 0) is 9.63 Å². The molecule has 0 spiro atoms. The molecule has 2 aromatic carbocycles. The fraction of sp³-hybridized carbons (Fsp3) is 0.300. The minimum absolute atomic E-state index is 0.0848. The molecule has 28 heavy (non-hydrogen) atoms. The summed E-state index contributed by atoms with van der Waals surface area (Å²) in [4.78, 5) is 16.8. The lowest BCUT2D eigenvalue weighted by Crippen LogP contribution is -2.16. The molecule has 2 aromatic rings. The first kappa shape index (κ1) is 21.1. The van der Waals surface area contributed by atoms with E-state index in [4.69, 9.17) is 9.57 Å². The Bertz CT molecular complexity index is 808. The third-order valence-corrected chi connectivity index (χ3v) is 3.74. The van der Waals surface area contributed by atoms with Gasteiger partial charge in [0.25, 0.3) is 5.91 Å². The summed E-state index contributed by atoms with van der Waals surface area (Å²) < 4.78 is 34.0. The maximum Gasteiger partial charge on any atom is 0.387 e. The van der Waals surface area contributed by atoms with Gasteiger partial charge in [0.15, 0.2) is 18.1 Å². The predicted octanol–water partition coefficient (Wildman–Crippen LogP) is 4.41. The minimum Gasteiger partial charge on any atom is -0.493 e. The second kappa shape index (κ2) is 10.2. The molecular weight excluding hydrogens is 370 g/mol. The van der Waals surface area contributed by atoms with Crippen molar-refractivity contribution < 1.29 is 27.9 Å². The van der Waals surface area contributed by atoms with Gasteiger partial charge in [-0.3, -0.25) is 4.79 Å². The molecule has 0 heterocycles. The zero-order valence-corrected chi connectivity index (χ0v) is 15.8. The molecule has 0 unspecified atom stereocenters. The summed E-state index contributed by atoms with van der Waals surface area (Å²) in [5.74, 6) is 0.107. The van der Waals surface area contributed by atoms with E-state index in [9.17, 15) is 13.6 Å². The van der Waals surface area contributed by atoms with Crippen LogP contribution in [0.4, 0.5) is 14.5 Å². The van der Waals surface area contributed by atoms with Crippen molar-refractivity contribution in [2.75, 3.05) is 19.0 Å². The standard InChI is InChI=1S/C20H22F2N2O4/c1-13(2)15-5-7-16(8-6-15)24-19(25)12-27-23-11-14-4-9-17(28-20(21)22)18(10-14)26-3/h4-11,13,20H,12H2,1-3H3,(H,24,25)/b23-11-. The number of hydrogen-bond acceptors (Lipinski definition) is 5. The van der Waals surface area contributed by atoms with Crippen molar-refractivity contribution in [1.82, 2.24) is 0 Å². The molecule has 0 aliphatic rings. The van der Waals surface area contributed by atoms with Crippen molar-refractivity contribution in [1.29, 1.82) is 0 Å². The van der Waals surface area contributed by atoms with Crippen LogP contribution >= 0.6 is 0 Å². The minimum atomic E-state index is -2.95. The molecule has 0 aromatic heterocycles. The Balaban J connectivity index is 1.85. The van der Waals surface area contributed by atoms with Crippen LogP contribution in [0, 0.1) is 0 Å². The number of nitrogens with one attached hydrogen (secondary N) is 1. The predicted molar refractivity (Wildman–Crippen MR) is 102 cm³/mol. The highest BCUT2D eigenvalue weighted by atomic mass is 19.3. The second-order valence-electron chi connectivity index (χ2n) is 6.12. The zero-order chi connectivity index (χ0) is 20.5. The number of rotatable bonds is 9. The molecule has 2 rings (SSSR count). The lowest BCUT2D eigenvalue weighted by Gasteiger charge is -2.10. The number of oxime groups is 1. The SMILES string of the molecule is COc1cc(/C=N\OCC(=O)Nc2ccc(C(C)C)cc2)ccc1OC(F)F. The van der Waals surface area contributed by atoms with Gasteiger partial charge in [0.2, 0.25) is 0 Å². The molecule has 1 amide bonds. The van der Waals surface area contributed by atoms with Gasteiger partial charge in [-0.1, -0.05) is 31.1 Å². The number of anilines is 1. The topological polar surface area (TPSA) is 69.2 Å². The largest absolute Gasteiger partial charge is 0.493 e. The van der Waals surface area contributed by atoms with E-state index in [1.54, 1.807) is 0 Å². The monoisotopic (exact) mass is 392 g/mol. The maximum absolute atomic E-state index is 12.3. The van der Waals surface area contributed by atoms with Gasteiger partial charge in [-0.25, -0.2) is 0 Å². The van der Waals surface area contributed by atoms with Crippen molar-refractivity contribution in [2.24, 2.45) is 5.16 Å². The molecule has 1 N–H and O–H groups in total. The van der Waals surface area contributed by atoms with Crippen LogP contribution < -0.4 is 14.8 Å². The van der Waals surface area contributed by atoms with E-state index in [0.717, 1.165) is 0 Å². The van der Waals surface area contributed by atoms with E-state index in [2.05, 4.69) is 29.1 Å². The van der Waals surface area contributed by atoms with E-state index in [1.807, 2.05) is 24.3 Å². The fourth-order valence-electron chi connectivity index (χ4n) is 2.30. The van der Waals surface area contributed by atoms with E-state index >= 15 is 0 Å². The van der Waals surface area contributed by atoms with Gasteiger partial charge in [-0.2, -0.15) is 8.78 Å². The van der Waals surface area contributed by atoms with Crippen LogP contribution in [0.15, 0.2) is 47.6 Å². The molecule has 0 radical (unpaired) electrons. The lowest BCUT2D eigenvalue weighted by atomic mass is 10.0. The Morgan fingerprint density at radius 2 is 1.86 bits per heavy atom. The highest BCUT2D eigenvalue weighted by molar-refractivity contribution is 5.91. The molecule has 0 aliphatic carbocycles. The molecule has 6 nitrogen and oxygen atoms in total. The van der Waals surface area contributed by atoms with E-state index in [-0.39, 0.29) is 24.0 Å². The van der Waals surface area contributed by atoms with Gasteiger partial charge < -0.3 is 19.6 Å². The lowest BCUT2D eigenvalue weighted by molar-refractivity contribution is -0.120. The van der Waals surface area contributed by atoms with Crippen LogP contribution in [0.1, 0.15) is 30.9 Å². The summed E-state index contributed by atoms with van der Waals surface area (Å²) in [6, 6.07) is 11.9. The van der Waals surface area contributed by atoms with Gasteiger partial charge in [0.05, 0.1) is 13.3 Å². The Hall–Kier alpha value is -3.16. The number of hydrogen-bond donors (Lipinski definition) is 1. The van der Waals surface area contributed by atoms with Crippen molar-refractivity contribution in [2.45, 2.75) is 26.4 Å². The van der Waals surface area contributed by atoms with E-state index < -0.39 is 6.61 Å². The van der Waals surface area contributed by atoms with Crippen LogP contribution in [0.5, 0.6) is 11.5 Å². The van der Waals surface area contributed by atoms with Gasteiger partial charge in [0.1, 0.15) is 0 Å². The average Bonchev–Trinajstić information content (AvgIpc) is 2.66. The van der Waals surface area contributed by atoms with Crippen LogP contribution in [0.2, 0.25) is 0 Å². The number of amides is 1. The summed E-state index contributed by atoms with van der Waals surface area (Å²) in [5, 5.41) is 6.40. The average molecular weight is 392 g/mol. The molecule has 0 atom stereocenters. The Morgan fingerprint density at radius 3 is 2.46 bits per heavy atom. The van der Waals surface area contributed by atoms with Gasteiger partial charge in [-0.15, -0.1) is 0 Å². The highest BCUT2D eigenvalue weighted by Crippen LogP contribution is 2.28. The van der Waals surface area contributed by atoms with Gasteiger partial charge in [0, 0.05) is 11.3 Å². The molecule has 0 saturated heterocycles. The number of ether oxygens (including phenoxy) is 2. The van der Waals surface area contributed by atoms with Gasteiger partial charge in [-0.05, 0) is 41.8 Å². The molecule has 8 heteroatoms. The smallest absolute Gasteiger partial charge is 0.387 e. The molecule has 0 aliphatic heterocycles. The normalized spacial score (nSPS) is 11.1. The second-order valence-corrected chi connectivity index (χ2v) is 6.12. The Labute approximate surface area is 162 Å². The molecule has 0 fully saturated rings. The van der Waals surface area contributed by atoms with Crippen LogP contribution in [0.3, 0.4) is 0 Å². The van der Waals surface area contributed by atoms with Crippen LogP contribution in [-0.4, -0.2) is 32.4 Å². The van der Waals surface area contributed by atoms with Crippen molar-refractivity contribution in [3.8, 4) is 11.5 Å². The third-order valence-electron chi connectivity index (χ3n) is 3.74. The molecular formula is C20H22F2N2O4. The molecule has 0 saturated carbocycles. The number of methoxy groups -OCH3 is 1. The zero-order valence-electron chi connectivity index (χ0n) is 15.8. The number of alkyl halides is 2. The quantitative estimate of drug-likeness (QED) is 0.507. The third kappa shape index (κ3) is 6.53. The van der Waals surface area contributed by atoms with E-state index in [1.165, 1.54) is 37.1 Å². The van der Waals surface area contributed by atoms with Crippen molar-refractivity contribution in [3.05, 3.63) is 53.6 Å². The molecule has 150 valence electrons. The summed E-state index contributed by atoms with van der Waals surface area (Å²) in [6.07, 6.45) is 1.33. The number of halogens is 2. The first-order valence-electron chi connectivity index (χ1n) is 8.57. The number of benzene rings is 2. The number of carbonyl (C=O) groups excluding carboxylic acids is 1. The number of carbonyl (C=O) groups is 1. The van der Waals surface area contributed by atoms with Crippen molar-refractivity contribution >= 4 is 17.8 Å². The van der Waals surface area contributed by atoms with Crippen molar-refractivity contribution in [3.63, 3.8) is 0 Å². The maximum atomic E-state index is 12.3. The summed E-state index contributed by atoms with van der Waals surface area (Å²) in [5.41, 5.74) is 2.38. The first-order valence-corrected chi connectivity index (χ1v) is 8.57.